The summed E-state index contributed by atoms with van der Waals surface area (Å²) in [6.07, 6.45) is 0. The van der Waals surface area contributed by atoms with Gasteiger partial charge in [-0.1, -0.05) is 0 Å². The van der Waals surface area contributed by atoms with E-state index < -0.39 is 25.1 Å². The van der Waals surface area contributed by atoms with Crippen LogP contribution in [0.15, 0.2) is 16.3 Å². The summed E-state index contributed by atoms with van der Waals surface area (Å²) in [4.78, 5) is 0.598. The molecule has 0 spiro atoms. The van der Waals surface area contributed by atoms with Crippen molar-refractivity contribution in [2.75, 3.05) is 5.75 Å². The number of hydrogen-bond acceptors (Lipinski definition) is 5. The first-order chi connectivity index (χ1) is 7.65. The highest BCUT2D eigenvalue weighted by Crippen LogP contribution is 2.28. The maximum atomic E-state index is 11.3. The van der Waals surface area contributed by atoms with Gasteiger partial charge in [0.05, 0.1) is 11.8 Å². The molecule has 1 rings (SSSR count). The molecule has 1 N–H and O–H groups in total. The van der Waals surface area contributed by atoms with E-state index in [0.29, 0.717) is 4.88 Å². The zero-order valence-electron chi connectivity index (χ0n) is 9.17. The molecule has 9 heteroatoms. The van der Waals surface area contributed by atoms with E-state index in [4.69, 9.17) is 10.7 Å². The fourth-order valence-corrected chi connectivity index (χ4v) is 4.11. The van der Waals surface area contributed by atoms with Crippen LogP contribution in [0.2, 0.25) is 0 Å². The van der Waals surface area contributed by atoms with Gasteiger partial charge in [-0.3, -0.25) is 0 Å². The van der Waals surface area contributed by atoms with Crippen LogP contribution in [0.1, 0.15) is 24.8 Å². The molecule has 0 aromatic carbocycles. The molecule has 0 aliphatic heterocycles. The molecule has 0 saturated heterocycles. The van der Waals surface area contributed by atoms with E-state index in [1.54, 1.807) is 13.0 Å². The molecular formula is C8H12ClNO4S3. The summed E-state index contributed by atoms with van der Waals surface area (Å²) in [6, 6.07) is 2.43. The molecule has 0 radical (unpaired) electrons. The van der Waals surface area contributed by atoms with Crippen molar-refractivity contribution in [3.63, 3.8) is 0 Å². The minimum Gasteiger partial charge on any atom is -0.212 e. The molecule has 1 unspecified atom stereocenters. The Hall–Kier alpha value is -0.150. The Balaban J connectivity index is 2.92. The van der Waals surface area contributed by atoms with Crippen LogP contribution in [0, 0.1) is 0 Å². The molecule has 17 heavy (non-hydrogen) atoms. The van der Waals surface area contributed by atoms with Crippen molar-refractivity contribution in [2.45, 2.75) is 24.1 Å². The van der Waals surface area contributed by atoms with Crippen LogP contribution in [0.5, 0.6) is 0 Å². The summed E-state index contributed by atoms with van der Waals surface area (Å²) in [5, 5.41) is 0. The summed E-state index contributed by atoms with van der Waals surface area (Å²) in [5.41, 5.74) is 0. The molecule has 5 nitrogen and oxygen atoms in total. The number of halogens is 1. The van der Waals surface area contributed by atoms with E-state index >= 15 is 0 Å². The molecule has 1 aromatic heterocycles. The largest absolute Gasteiger partial charge is 0.270 e. The van der Waals surface area contributed by atoms with Crippen LogP contribution in [-0.2, 0) is 19.1 Å². The van der Waals surface area contributed by atoms with Crippen LogP contribution >= 0.6 is 22.0 Å². The standard InChI is InChI=1S/C8H12ClNO4S3/c1-3-16(11,12)10-6(2)7-4-5-8(15-7)17(9,13)14/h4-6,10H,3H2,1-2H3. The fraction of sp³-hybridized carbons (Fsp3) is 0.500. The zero-order chi connectivity index (χ0) is 13.3. The van der Waals surface area contributed by atoms with Gasteiger partial charge in [0.1, 0.15) is 4.21 Å². The lowest BCUT2D eigenvalue weighted by Gasteiger charge is -2.10. The van der Waals surface area contributed by atoms with Gasteiger partial charge in [0, 0.05) is 15.6 Å². The van der Waals surface area contributed by atoms with Crippen LogP contribution in [-0.4, -0.2) is 22.6 Å². The summed E-state index contributed by atoms with van der Waals surface area (Å²) in [5.74, 6) is -0.0244. The second-order valence-electron chi connectivity index (χ2n) is 3.34. The van der Waals surface area contributed by atoms with Gasteiger partial charge in [0.2, 0.25) is 10.0 Å². The number of hydrogen-bond donors (Lipinski definition) is 1. The van der Waals surface area contributed by atoms with E-state index in [-0.39, 0.29) is 9.96 Å². The normalized spacial score (nSPS) is 14.8. The quantitative estimate of drug-likeness (QED) is 0.838. The van der Waals surface area contributed by atoms with Crippen molar-refractivity contribution in [1.29, 1.82) is 0 Å². The van der Waals surface area contributed by atoms with Gasteiger partial charge >= 0.3 is 0 Å². The predicted octanol–water partition coefficient (Wildman–Crippen LogP) is 1.68. The van der Waals surface area contributed by atoms with Crippen LogP contribution in [0.25, 0.3) is 0 Å². The van der Waals surface area contributed by atoms with Crippen molar-refractivity contribution in [3.05, 3.63) is 17.0 Å². The van der Waals surface area contributed by atoms with E-state index in [1.165, 1.54) is 13.0 Å². The Bertz CT molecular complexity index is 590. The molecule has 98 valence electrons. The highest BCUT2D eigenvalue weighted by Gasteiger charge is 2.19. The van der Waals surface area contributed by atoms with Crippen molar-refractivity contribution in [2.24, 2.45) is 0 Å². The lowest BCUT2D eigenvalue weighted by atomic mass is 10.3. The lowest BCUT2D eigenvalue weighted by Crippen LogP contribution is -2.27. The minimum absolute atomic E-state index is 0.0108. The van der Waals surface area contributed by atoms with Crippen LogP contribution in [0.3, 0.4) is 0 Å². The predicted molar refractivity (Wildman–Crippen MR) is 68.4 cm³/mol. The molecule has 1 aromatic rings. The van der Waals surface area contributed by atoms with Crippen molar-refractivity contribution < 1.29 is 16.8 Å². The topological polar surface area (TPSA) is 80.3 Å². The van der Waals surface area contributed by atoms with E-state index in [0.717, 1.165) is 11.3 Å². The zero-order valence-corrected chi connectivity index (χ0v) is 12.4. The third kappa shape index (κ3) is 4.22. The Morgan fingerprint density at radius 1 is 1.35 bits per heavy atom. The number of rotatable bonds is 5. The third-order valence-corrected chi connectivity index (χ3v) is 6.84. The van der Waals surface area contributed by atoms with Gasteiger partial charge in [0.15, 0.2) is 0 Å². The first kappa shape index (κ1) is 14.9. The Kier molecular flexibility index (Phi) is 4.59. The lowest BCUT2D eigenvalue weighted by molar-refractivity contribution is 0.570. The van der Waals surface area contributed by atoms with Crippen molar-refractivity contribution >= 4 is 41.1 Å². The maximum Gasteiger partial charge on any atom is 0.270 e. The van der Waals surface area contributed by atoms with Gasteiger partial charge in [0.25, 0.3) is 9.05 Å². The highest BCUT2D eigenvalue weighted by atomic mass is 35.7. The smallest absolute Gasteiger partial charge is 0.212 e. The van der Waals surface area contributed by atoms with E-state index in [1.807, 2.05) is 0 Å². The molecule has 0 aliphatic carbocycles. The second-order valence-corrected chi connectivity index (χ2v) is 9.29. The Morgan fingerprint density at radius 3 is 2.35 bits per heavy atom. The van der Waals surface area contributed by atoms with Gasteiger partial charge in [-0.05, 0) is 26.0 Å². The average Bonchev–Trinajstić information content (AvgIpc) is 2.65. The summed E-state index contributed by atoms with van der Waals surface area (Å²) in [7, 11) is -1.89. The SMILES string of the molecule is CCS(=O)(=O)NC(C)c1ccc(S(=O)(=O)Cl)s1. The van der Waals surface area contributed by atoms with Gasteiger partial charge in [-0.15, -0.1) is 11.3 Å². The van der Waals surface area contributed by atoms with Crippen LogP contribution < -0.4 is 4.72 Å². The molecule has 0 saturated carbocycles. The second kappa shape index (κ2) is 5.23. The first-order valence-electron chi connectivity index (χ1n) is 4.70. The van der Waals surface area contributed by atoms with Gasteiger partial charge in [-0.2, -0.15) is 0 Å². The fourth-order valence-electron chi connectivity index (χ4n) is 1.11. The highest BCUT2D eigenvalue weighted by molar-refractivity contribution is 8.15. The Morgan fingerprint density at radius 2 is 1.94 bits per heavy atom. The molecule has 0 fully saturated rings. The monoisotopic (exact) mass is 317 g/mol. The molecule has 0 amide bonds. The number of thiophene rings is 1. The summed E-state index contributed by atoms with van der Waals surface area (Å²) in [6.45, 7) is 3.17. The van der Waals surface area contributed by atoms with Gasteiger partial charge < -0.3 is 0 Å². The molecular weight excluding hydrogens is 306 g/mol. The summed E-state index contributed by atoms with van der Waals surface area (Å²) < 4.78 is 47.2. The molecule has 1 heterocycles. The third-order valence-electron chi connectivity index (χ3n) is 2.01. The first-order valence-corrected chi connectivity index (χ1v) is 9.48. The summed E-state index contributed by atoms with van der Waals surface area (Å²) >= 11 is 0.952. The number of sulfonamides is 1. The maximum absolute atomic E-state index is 11.3. The minimum atomic E-state index is -3.75. The van der Waals surface area contributed by atoms with Crippen molar-refractivity contribution in [1.82, 2.24) is 4.72 Å². The molecule has 0 aliphatic rings. The Labute approximate surface area is 109 Å². The van der Waals surface area contributed by atoms with Crippen molar-refractivity contribution in [3.8, 4) is 0 Å². The van der Waals surface area contributed by atoms with Crippen LogP contribution in [0.4, 0.5) is 0 Å². The van der Waals surface area contributed by atoms with E-state index in [9.17, 15) is 16.8 Å². The molecule has 1 atom stereocenters. The van der Waals surface area contributed by atoms with Gasteiger partial charge in [-0.25, -0.2) is 21.6 Å². The van der Waals surface area contributed by atoms with E-state index in [2.05, 4.69) is 4.72 Å². The number of nitrogens with one attached hydrogen (secondary N) is 1. The molecule has 0 bridgehead atoms. The average molecular weight is 318 g/mol.